The Morgan fingerprint density at radius 2 is 1.55 bits per heavy atom. The van der Waals surface area contributed by atoms with E-state index in [-0.39, 0.29) is 10.6 Å². The van der Waals surface area contributed by atoms with Gasteiger partial charge < -0.3 is 0 Å². The molecule has 154 valence electrons. The number of hydrogen-bond donors (Lipinski definition) is 0. The molecule has 1 atom stereocenters. The van der Waals surface area contributed by atoms with Crippen LogP contribution in [0.4, 0.5) is 4.39 Å². The third kappa shape index (κ3) is 4.29. The molecule has 0 unspecified atom stereocenters. The molecule has 0 fully saturated rings. The molecule has 4 aromatic rings. The van der Waals surface area contributed by atoms with Gasteiger partial charge in [0.15, 0.2) is 5.25 Å². The van der Waals surface area contributed by atoms with Crippen LogP contribution in [0.2, 0.25) is 0 Å². The Labute approximate surface area is 183 Å². The summed E-state index contributed by atoms with van der Waals surface area (Å²) in [6, 6.07) is 21.0. The van der Waals surface area contributed by atoms with Gasteiger partial charge in [-0.25, -0.2) is 22.8 Å². The van der Waals surface area contributed by atoms with E-state index in [0.717, 1.165) is 34.7 Å². The second-order valence-electron chi connectivity index (χ2n) is 6.83. The molecule has 0 spiro atoms. The molecule has 8 heteroatoms. The highest BCUT2D eigenvalue weighted by Gasteiger charge is 2.33. The van der Waals surface area contributed by atoms with Gasteiger partial charge in [0.2, 0.25) is 9.84 Å². The summed E-state index contributed by atoms with van der Waals surface area (Å²) in [5.41, 5.74) is 2.22. The first-order valence-corrected chi connectivity index (χ1v) is 11.6. The molecular weight excluding hydrogens is 433 g/mol. The first-order chi connectivity index (χ1) is 14.9. The van der Waals surface area contributed by atoms with Gasteiger partial charge in [0.25, 0.3) is 0 Å². The number of hydrogen-bond acceptors (Lipinski definition) is 6. The van der Waals surface area contributed by atoms with Gasteiger partial charge in [-0.1, -0.05) is 41.6 Å². The average Bonchev–Trinajstić information content (AvgIpc) is 2.76. The number of nitriles is 1. The summed E-state index contributed by atoms with van der Waals surface area (Å²) in [7, 11) is -4.15. The van der Waals surface area contributed by atoms with E-state index in [1.807, 2.05) is 43.3 Å². The van der Waals surface area contributed by atoms with Crippen molar-refractivity contribution < 1.29 is 12.8 Å². The lowest BCUT2D eigenvalue weighted by atomic mass is 10.2. The van der Waals surface area contributed by atoms with Gasteiger partial charge in [-0.15, -0.1) is 0 Å². The second-order valence-corrected chi connectivity index (χ2v) is 9.92. The van der Waals surface area contributed by atoms with Gasteiger partial charge in [0.05, 0.1) is 22.0 Å². The number of aryl methyl sites for hydroxylation is 1. The van der Waals surface area contributed by atoms with Gasteiger partial charge in [-0.05, 0) is 55.5 Å². The third-order valence-electron chi connectivity index (χ3n) is 4.62. The van der Waals surface area contributed by atoms with Crippen molar-refractivity contribution in [3.8, 4) is 6.07 Å². The lowest BCUT2D eigenvalue weighted by molar-refractivity contribution is 0.588. The molecule has 0 N–H and O–H groups in total. The summed E-state index contributed by atoms with van der Waals surface area (Å²) in [5.74, 6) is -0.562. The Morgan fingerprint density at radius 3 is 2.16 bits per heavy atom. The van der Waals surface area contributed by atoms with E-state index in [4.69, 9.17) is 0 Å². The quantitative estimate of drug-likeness (QED) is 0.386. The summed E-state index contributed by atoms with van der Waals surface area (Å²) in [5, 5.41) is 8.59. The van der Waals surface area contributed by atoms with Crippen LogP contribution >= 0.6 is 11.8 Å². The van der Waals surface area contributed by atoms with Crippen molar-refractivity contribution in [1.29, 1.82) is 5.26 Å². The van der Waals surface area contributed by atoms with Crippen LogP contribution in [0, 0.1) is 24.1 Å². The lowest BCUT2D eigenvalue weighted by Gasteiger charge is -2.15. The second kappa shape index (κ2) is 8.46. The zero-order chi connectivity index (χ0) is 22.0. The van der Waals surface area contributed by atoms with Crippen molar-refractivity contribution in [3.63, 3.8) is 0 Å². The molecule has 3 aromatic carbocycles. The molecule has 1 aromatic heterocycles. The minimum Gasteiger partial charge on any atom is -0.246 e. The van der Waals surface area contributed by atoms with Crippen LogP contribution in [-0.2, 0) is 9.84 Å². The van der Waals surface area contributed by atoms with Crippen LogP contribution in [0.25, 0.3) is 11.0 Å². The van der Waals surface area contributed by atoms with E-state index in [9.17, 15) is 18.1 Å². The molecular formula is C23H16FN3O2S2. The molecule has 0 bridgehead atoms. The largest absolute Gasteiger partial charge is 0.246 e. The number of para-hydroxylation sites is 2. The summed E-state index contributed by atoms with van der Waals surface area (Å²) >= 11 is 1.25. The van der Waals surface area contributed by atoms with Crippen molar-refractivity contribution in [2.45, 2.75) is 27.0 Å². The maximum Gasteiger partial charge on any atom is 0.200 e. The SMILES string of the molecule is Cc1ccc(Sc2nc3ccccc3nc2[C@@H](C#N)S(=O)(=O)c2ccc(F)cc2)cc1. The predicted molar refractivity (Wildman–Crippen MR) is 117 cm³/mol. The molecule has 5 nitrogen and oxygen atoms in total. The number of sulfone groups is 1. The minimum absolute atomic E-state index is 0.0519. The van der Waals surface area contributed by atoms with Crippen LogP contribution in [-0.4, -0.2) is 18.4 Å². The van der Waals surface area contributed by atoms with Crippen molar-refractivity contribution in [2.24, 2.45) is 0 Å². The predicted octanol–water partition coefficient (Wildman–Crippen LogP) is 5.27. The fourth-order valence-electron chi connectivity index (χ4n) is 3.00. The van der Waals surface area contributed by atoms with Crippen molar-refractivity contribution in [1.82, 2.24) is 9.97 Å². The molecule has 0 amide bonds. The molecule has 1 heterocycles. The topological polar surface area (TPSA) is 83.7 Å². The first-order valence-electron chi connectivity index (χ1n) is 9.29. The fourth-order valence-corrected chi connectivity index (χ4v) is 5.37. The molecule has 0 radical (unpaired) electrons. The van der Waals surface area contributed by atoms with Crippen molar-refractivity contribution in [2.75, 3.05) is 0 Å². The van der Waals surface area contributed by atoms with Crippen molar-refractivity contribution >= 4 is 32.6 Å². The van der Waals surface area contributed by atoms with Crippen LogP contribution in [0.5, 0.6) is 0 Å². The molecule has 0 aliphatic heterocycles. The van der Waals surface area contributed by atoms with Crippen LogP contribution in [0.15, 0.2) is 87.6 Å². The summed E-state index contributed by atoms with van der Waals surface area (Å²) < 4.78 is 39.8. The highest BCUT2D eigenvalue weighted by Crippen LogP contribution is 2.37. The van der Waals surface area contributed by atoms with Crippen molar-refractivity contribution in [3.05, 3.63) is 89.9 Å². The smallest absolute Gasteiger partial charge is 0.200 e. The Bertz CT molecular complexity index is 1400. The highest BCUT2D eigenvalue weighted by atomic mass is 32.2. The van der Waals surface area contributed by atoms with Crippen LogP contribution in [0.1, 0.15) is 16.5 Å². The third-order valence-corrected chi connectivity index (χ3v) is 7.50. The van der Waals surface area contributed by atoms with E-state index < -0.39 is 20.9 Å². The van der Waals surface area contributed by atoms with E-state index >= 15 is 0 Å². The van der Waals surface area contributed by atoms with E-state index in [2.05, 4.69) is 9.97 Å². The minimum atomic E-state index is -4.15. The zero-order valence-electron chi connectivity index (χ0n) is 16.4. The summed E-state index contributed by atoms with van der Waals surface area (Å²) in [6.45, 7) is 1.97. The van der Waals surface area contributed by atoms with Gasteiger partial charge in [-0.3, -0.25) is 0 Å². The van der Waals surface area contributed by atoms with E-state index in [1.54, 1.807) is 18.2 Å². The number of halogens is 1. The summed E-state index contributed by atoms with van der Waals surface area (Å²) in [6.07, 6.45) is 0. The Kier molecular flexibility index (Phi) is 5.72. The number of rotatable bonds is 5. The van der Waals surface area contributed by atoms with Crippen LogP contribution < -0.4 is 0 Å². The Balaban J connectivity index is 1.88. The first kappa shape index (κ1) is 21.0. The number of fused-ring (bicyclic) bond motifs is 1. The summed E-state index contributed by atoms with van der Waals surface area (Å²) in [4.78, 5) is 9.81. The van der Waals surface area contributed by atoms with Gasteiger partial charge in [-0.2, -0.15) is 5.26 Å². The standard InChI is InChI=1S/C23H16FN3O2S2/c1-15-6-10-17(11-7-15)30-23-22(26-19-4-2-3-5-20(19)27-23)21(14-25)31(28,29)18-12-8-16(24)9-13-18/h2-13,21H,1H3/t21-/m1/s1. The normalized spacial score (nSPS) is 12.4. The molecule has 31 heavy (non-hydrogen) atoms. The molecule has 4 rings (SSSR count). The Hall–Kier alpha value is -3.28. The highest BCUT2D eigenvalue weighted by molar-refractivity contribution is 7.99. The maximum absolute atomic E-state index is 13.3. The van der Waals surface area contributed by atoms with Gasteiger partial charge >= 0.3 is 0 Å². The van der Waals surface area contributed by atoms with E-state index in [0.29, 0.717) is 16.1 Å². The monoisotopic (exact) mass is 449 g/mol. The Morgan fingerprint density at radius 1 is 0.935 bits per heavy atom. The maximum atomic E-state index is 13.3. The fraction of sp³-hybridized carbons (Fsp3) is 0.0870. The lowest BCUT2D eigenvalue weighted by Crippen LogP contribution is -2.15. The van der Waals surface area contributed by atoms with E-state index in [1.165, 1.54) is 11.8 Å². The number of benzene rings is 3. The van der Waals surface area contributed by atoms with Gasteiger partial charge in [0, 0.05) is 4.90 Å². The molecule has 0 aliphatic carbocycles. The molecule has 0 saturated carbocycles. The zero-order valence-corrected chi connectivity index (χ0v) is 18.0. The molecule has 0 aliphatic rings. The van der Waals surface area contributed by atoms with Crippen LogP contribution in [0.3, 0.4) is 0 Å². The van der Waals surface area contributed by atoms with Gasteiger partial charge in [0.1, 0.15) is 16.5 Å². The number of aromatic nitrogens is 2. The number of nitrogens with zero attached hydrogens (tertiary/aromatic N) is 3. The average molecular weight is 450 g/mol. The molecule has 0 saturated heterocycles.